The molecule has 0 saturated carbocycles. The van der Waals surface area contributed by atoms with Crippen molar-refractivity contribution in [3.05, 3.63) is 29.8 Å². The number of nitriles is 1. The van der Waals surface area contributed by atoms with E-state index in [2.05, 4.69) is 25.1 Å². The van der Waals surface area contributed by atoms with Gasteiger partial charge in [-0.1, -0.05) is 19.1 Å². The zero-order valence-corrected chi connectivity index (χ0v) is 7.90. The molecule has 1 nitrogen and oxygen atoms in total. The van der Waals surface area contributed by atoms with Crippen LogP contribution >= 0.6 is 11.8 Å². The highest BCUT2D eigenvalue weighted by Crippen LogP contribution is 2.18. The molecule has 0 unspecified atom stereocenters. The molecule has 12 heavy (non-hydrogen) atoms. The Hall–Kier alpha value is -0.940. The van der Waals surface area contributed by atoms with Gasteiger partial charge in [-0.2, -0.15) is 5.26 Å². The van der Waals surface area contributed by atoms with Crippen molar-refractivity contribution in [1.82, 2.24) is 0 Å². The molecule has 0 radical (unpaired) electrons. The number of thioether (sulfide) groups is 1. The van der Waals surface area contributed by atoms with Crippen LogP contribution in [0.1, 0.15) is 12.5 Å². The first-order chi connectivity index (χ1) is 5.86. The van der Waals surface area contributed by atoms with Crippen LogP contribution in [0.5, 0.6) is 0 Å². The summed E-state index contributed by atoms with van der Waals surface area (Å²) in [5, 5.41) is 8.48. The third-order valence-electron chi connectivity index (χ3n) is 1.49. The minimum absolute atomic E-state index is 0.512. The normalized spacial score (nSPS) is 9.33. The summed E-state index contributed by atoms with van der Waals surface area (Å²) >= 11 is 1.81. The van der Waals surface area contributed by atoms with Gasteiger partial charge in [0.05, 0.1) is 12.5 Å². The monoisotopic (exact) mass is 177 g/mol. The van der Waals surface area contributed by atoms with Crippen molar-refractivity contribution in [2.45, 2.75) is 18.2 Å². The van der Waals surface area contributed by atoms with Gasteiger partial charge in [-0.3, -0.25) is 0 Å². The SMILES string of the molecule is CCSc1cccc(CC#N)c1. The lowest BCUT2D eigenvalue weighted by Gasteiger charge is -1.99. The molecule has 0 aromatic heterocycles. The molecule has 0 aliphatic heterocycles. The van der Waals surface area contributed by atoms with E-state index in [4.69, 9.17) is 5.26 Å². The van der Waals surface area contributed by atoms with E-state index in [0.29, 0.717) is 6.42 Å². The minimum atomic E-state index is 0.512. The quantitative estimate of drug-likeness (QED) is 0.663. The average Bonchev–Trinajstić information content (AvgIpc) is 2.06. The molecule has 0 bridgehead atoms. The highest BCUT2D eigenvalue weighted by Gasteiger charge is 1.94. The van der Waals surface area contributed by atoms with Crippen LogP contribution in [0.2, 0.25) is 0 Å². The average molecular weight is 177 g/mol. The second-order valence-electron chi connectivity index (χ2n) is 2.42. The summed E-state index contributed by atoms with van der Waals surface area (Å²) in [6, 6.07) is 10.3. The fourth-order valence-corrected chi connectivity index (χ4v) is 1.75. The third-order valence-corrected chi connectivity index (χ3v) is 2.37. The molecule has 2 heteroatoms. The van der Waals surface area contributed by atoms with E-state index in [1.807, 2.05) is 12.1 Å². The van der Waals surface area contributed by atoms with E-state index in [9.17, 15) is 0 Å². The van der Waals surface area contributed by atoms with E-state index in [1.54, 1.807) is 11.8 Å². The van der Waals surface area contributed by atoms with Crippen LogP contribution in [-0.2, 0) is 6.42 Å². The summed E-state index contributed by atoms with van der Waals surface area (Å²) in [5.74, 6) is 1.08. The van der Waals surface area contributed by atoms with Crippen molar-refractivity contribution in [2.75, 3.05) is 5.75 Å². The van der Waals surface area contributed by atoms with Crippen LogP contribution in [0.3, 0.4) is 0 Å². The van der Waals surface area contributed by atoms with Crippen LogP contribution in [0.15, 0.2) is 29.2 Å². The highest BCUT2D eigenvalue weighted by atomic mass is 32.2. The molecule has 0 atom stereocenters. The predicted molar refractivity (Wildman–Crippen MR) is 52.2 cm³/mol. The van der Waals surface area contributed by atoms with E-state index >= 15 is 0 Å². The molecule has 0 amide bonds. The summed E-state index contributed by atoms with van der Waals surface area (Å²) < 4.78 is 0. The molecule has 62 valence electrons. The number of benzene rings is 1. The van der Waals surface area contributed by atoms with Gasteiger partial charge < -0.3 is 0 Å². The molecule has 0 heterocycles. The first-order valence-electron chi connectivity index (χ1n) is 3.95. The lowest BCUT2D eigenvalue weighted by atomic mass is 10.2. The Kier molecular flexibility index (Phi) is 3.69. The molecule has 0 N–H and O–H groups in total. The maximum atomic E-state index is 8.48. The summed E-state index contributed by atoms with van der Waals surface area (Å²) in [4.78, 5) is 1.25. The Morgan fingerprint density at radius 2 is 2.33 bits per heavy atom. The van der Waals surface area contributed by atoms with Crippen LogP contribution in [0, 0.1) is 11.3 Å². The van der Waals surface area contributed by atoms with Crippen molar-refractivity contribution in [2.24, 2.45) is 0 Å². The van der Waals surface area contributed by atoms with Gasteiger partial charge in [-0.05, 0) is 23.4 Å². The molecular weight excluding hydrogens is 166 g/mol. The Morgan fingerprint density at radius 1 is 1.50 bits per heavy atom. The van der Waals surface area contributed by atoms with Crippen molar-refractivity contribution in [1.29, 1.82) is 5.26 Å². The number of rotatable bonds is 3. The van der Waals surface area contributed by atoms with Gasteiger partial charge in [-0.15, -0.1) is 11.8 Å². The second-order valence-corrected chi connectivity index (χ2v) is 3.75. The van der Waals surface area contributed by atoms with Crippen LogP contribution < -0.4 is 0 Å². The lowest BCUT2D eigenvalue weighted by molar-refractivity contribution is 1.23. The summed E-state index contributed by atoms with van der Waals surface area (Å²) in [5.41, 5.74) is 1.11. The van der Waals surface area contributed by atoms with Gasteiger partial charge in [0.15, 0.2) is 0 Å². The second kappa shape index (κ2) is 4.84. The topological polar surface area (TPSA) is 23.8 Å². The van der Waals surface area contributed by atoms with E-state index in [1.165, 1.54) is 4.90 Å². The Balaban J connectivity index is 2.75. The van der Waals surface area contributed by atoms with Crippen molar-refractivity contribution < 1.29 is 0 Å². The molecule has 0 aliphatic rings. The van der Waals surface area contributed by atoms with Crippen LogP contribution in [-0.4, -0.2) is 5.75 Å². The Morgan fingerprint density at radius 3 is 3.00 bits per heavy atom. The number of hydrogen-bond acceptors (Lipinski definition) is 2. The van der Waals surface area contributed by atoms with Crippen molar-refractivity contribution in [3.63, 3.8) is 0 Å². The molecule has 0 fully saturated rings. The number of nitrogens with zero attached hydrogens (tertiary/aromatic N) is 1. The van der Waals surface area contributed by atoms with Crippen molar-refractivity contribution >= 4 is 11.8 Å². The first-order valence-corrected chi connectivity index (χ1v) is 4.94. The van der Waals surface area contributed by atoms with Gasteiger partial charge in [-0.25, -0.2) is 0 Å². The first kappa shape index (κ1) is 9.15. The van der Waals surface area contributed by atoms with Crippen molar-refractivity contribution in [3.8, 4) is 6.07 Å². The lowest BCUT2D eigenvalue weighted by Crippen LogP contribution is -1.81. The molecule has 1 aromatic carbocycles. The Bertz CT molecular complexity index is 288. The molecular formula is C10H11NS. The zero-order valence-electron chi connectivity index (χ0n) is 7.08. The van der Waals surface area contributed by atoms with E-state index < -0.39 is 0 Å². The van der Waals surface area contributed by atoms with Crippen LogP contribution in [0.4, 0.5) is 0 Å². The summed E-state index contributed by atoms with van der Waals surface area (Å²) in [6.07, 6.45) is 0.512. The van der Waals surface area contributed by atoms with E-state index in [0.717, 1.165) is 11.3 Å². The predicted octanol–water partition coefficient (Wildman–Crippen LogP) is 2.86. The molecule has 0 saturated heterocycles. The fourth-order valence-electron chi connectivity index (χ4n) is 1.00. The summed E-state index contributed by atoms with van der Waals surface area (Å²) in [7, 11) is 0. The molecule has 0 spiro atoms. The molecule has 1 rings (SSSR count). The van der Waals surface area contributed by atoms with Gasteiger partial charge in [0, 0.05) is 4.90 Å². The molecule has 1 aromatic rings. The fraction of sp³-hybridized carbons (Fsp3) is 0.300. The van der Waals surface area contributed by atoms with Gasteiger partial charge in [0.1, 0.15) is 0 Å². The van der Waals surface area contributed by atoms with Gasteiger partial charge in [0.25, 0.3) is 0 Å². The van der Waals surface area contributed by atoms with Gasteiger partial charge >= 0.3 is 0 Å². The number of hydrogen-bond donors (Lipinski definition) is 0. The van der Waals surface area contributed by atoms with E-state index in [-0.39, 0.29) is 0 Å². The highest BCUT2D eigenvalue weighted by molar-refractivity contribution is 7.99. The smallest absolute Gasteiger partial charge is 0.0669 e. The van der Waals surface area contributed by atoms with Gasteiger partial charge in [0.2, 0.25) is 0 Å². The zero-order chi connectivity index (χ0) is 8.81. The standard InChI is InChI=1S/C10H11NS/c1-2-12-10-5-3-4-9(8-10)6-7-11/h3-5,8H,2,6H2,1H3. The summed E-state index contributed by atoms with van der Waals surface area (Å²) in [6.45, 7) is 2.13. The Labute approximate surface area is 77.4 Å². The molecule has 0 aliphatic carbocycles. The maximum absolute atomic E-state index is 8.48. The van der Waals surface area contributed by atoms with Crippen LogP contribution in [0.25, 0.3) is 0 Å². The largest absolute Gasteiger partial charge is 0.198 e. The third kappa shape index (κ3) is 2.60. The maximum Gasteiger partial charge on any atom is 0.0669 e. The minimum Gasteiger partial charge on any atom is -0.198 e.